The van der Waals surface area contributed by atoms with Gasteiger partial charge in [-0.05, 0) is 65.4 Å². The zero-order chi connectivity index (χ0) is 39.0. The molecule has 0 saturated carbocycles. The Labute approximate surface area is 329 Å². The molecular weight excluding hydrogens is 721 g/mol. The maximum Gasteiger partial charge on any atom is 0.410 e. The molecule has 0 radical (unpaired) electrons. The van der Waals surface area contributed by atoms with Crippen molar-refractivity contribution in [3.8, 4) is 11.3 Å². The predicted molar refractivity (Wildman–Crippen MR) is 215 cm³/mol. The van der Waals surface area contributed by atoms with Crippen LogP contribution in [0, 0.1) is 5.41 Å². The smallest absolute Gasteiger partial charge is 0.410 e. The molecule has 2 saturated heterocycles. The lowest BCUT2D eigenvalue weighted by Gasteiger charge is -2.37. The molecule has 0 bridgehead atoms. The summed E-state index contributed by atoms with van der Waals surface area (Å²) in [6.07, 6.45) is -0.699. The van der Waals surface area contributed by atoms with Gasteiger partial charge in [0.05, 0.1) is 10.9 Å². The largest absolute Gasteiger partial charge is 0.445 e. The Kier molecular flexibility index (Phi) is 9.32. The van der Waals surface area contributed by atoms with Crippen molar-refractivity contribution in [3.63, 3.8) is 0 Å². The highest BCUT2D eigenvalue weighted by Gasteiger charge is 2.52. The Morgan fingerprint density at radius 1 is 0.754 bits per heavy atom. The van der Waals surface area contributed by atoms with E-state index < -0.39 is 23.5 Å². The maximum absolute atomic E-state index is 14.4. The van der Waals surface area contributed by atoms with Crippen LogP contribution in [0.1, 0.15) is 47.2 Å². The van der Waals surface area contributed by atoms with Gasteiger partial charge in [-0.25, -0.2) is 18.3 Å². The molecule has 8 nitrogen and oxygen atoms in total. The number of pyridine rings is 1. The molecule has 2 amide bonds. The minimum absolute atomic E-state index is 0.0507. The number of rotatable bonds is 9. The van der Waals surface area contributed by atoms with Crippen molar-refractivity contribution in [3.05, 3.63) is 186 Å². The highest BCUT2D eigenvalue weighted by Crippen LogP contribution is 2.47. The number of amides is 2. The third kappa shape index (κ3) is 6.31. The Bertz CT molecular complexity index is 2450. The van der Waals surface area contributed by atoms with Crippen molar-refractivity contribution >= 4 is 28.6 Å². The first kappa shape index (κ1) is 36.0. The number of carbonyl (C=O) groups excluding carboxylic acids is 2. The van der Waals surface area contributed by atoms with E-state index in [1.807, 2.05) is 108 Å². The van der Waals surface area contributed by atoms with Gasteiger partial charge in [-0.3, -0.25) is 9.78 Å². The Balaban J connectivity index is 1.15. The second-order valence-electron chi connectivity index (χ2n) is 14.7. The Morgan fingerprint density at radius 3 is 1.96 bits per heavy atom. The van der Waals surface area contributed by atoms with Gasteiger partial charge in [0.25, 0.3) is 6.43 Å². The standard InChI is InChI=1S/C47H39F2N5O3/c48-43(49)40-29-34(23-26-50-40)42-39-30-38(53-28-25-46(44(53)55)24-27-52(32-46)45(56)57-31-33-13-5-1-6-14-33)21-22-41(39)54(51-42)47(35-15-7-2-8-16-35,36-17-9-3-10-18-36)37-19-11-4-12-20-37/h1-23,26,29-30,43H,24-25,27-28,31-32H2/t46-/m0/s1. The summed E-state index contributed by atoms with van der Waals surface area (Å²) in [7, 11) is 0. The average molecular weight is 760 g/mol. The number of fused-ring (bicyclic) bond motifs is 1. The highest BCUT2D eigenvalue weighted by atomic mass is 19.3. The summed E-state index contributed by atoms with van der Waals surface area (Å²) in [6, 6.07) is 48.8. The third-order valence-electron chi connectivity index (χ3n) is 11.5. The average Bonchev–Trinajstić information content (AvgIpc) is 3.97. The van der Waals surface area contributed by atoms with Crippen LogP contribution in [0.15, 0.2) is 158 Å². The minimum Gasteiger partial charge on any atom is -0.445 e. The van der Waals surface area contributed by atoms with Crippen LogP contribution in [0.5, 0.6) is 0 Å². The summed E-state index contributed by atoms with van der Waals surface area (Å²) < 4.78 is 35.9. The fraction of sp³-hybridized carbons (Fsp3) is 0.191. The monoisotopic (exact) mass is 759 g/mol. The number of likely N-dealkylation sites (tertiary alicyclic amines) is 1. The van der Waals surface area contributed by atoms with E-state index in [0.29, 0.717) is 48.3 Å². The number of hydrogen-bond acceptors (Lipinski definition) is 5. The van der Waals surface area contributed by atoms with Crippen molar-refractivity contribution in [1.29, 1.82) is 0 Å². The molecule has 9 rings (SSSR count). The number of ether oxygens (including phenoxy) is 1. The van der Waals surface area contributed by atoms with Gasteiger partial charge in [0.15, 0.2) is 0 Å². The normalized spacial score (nSPS) is 16.9. The van der Waals surface area contributed by atoms with Crippen LogP contribution in [-0.4, -0.2) is 51.3 Å². The lowest BCUT2D eigenvalue weighted by atomic mass is 9.77. The summed E-state index contributed by atoms with van der Waals surface area (Å²) in [5, 5.41) is 6.06. The van der Waals surface area contributed by atoms with Crippen molar-refractivity contribution in [1.82, 2.24) is 19.7 Å². The molecule has 7 aromatic rings. The maximum atomic E-state index is 14.4. The summed E-state index contributed by atoms with van der Waals surface area (Å²) in [6.45, 7) is 1.34. The molecule has 2 fully saturated rings. The van der Waals surface area contributed by atoms with Crippen LogP contribution < -0.4 is 4.90 Å². The van der Waals surface area contributed by atoms with Gasteiger partial charge in [0.2, 0.25) is 5.91 Å². The van der Waals surface area contributed by atoms with Gasteiger partial charge < -0.3 is 14.5 Å². The molecule has 4 heterocycles. The lowest BCUT2D eigenvalue weighted by Crippen LogP contribution is -2.39. The van der Waals surface area contributed by atoms with Crippen molar-refractivity contribution < 1.29 is 23.1 Å². The summed E-state index contributed by atoms with van der Waals surface area (Å²) >= 11 is 0. The summed E-state index contributed by atoms with van der Waals surface area (Å²) in [4.78, 5) is 34.9. The molecule has 2 aliphatic rings. The zero-order valence-electron chi connectivity index (χ0n) is 31.0. The molecular formula is C47H39F2N5O3. The van der Waals surface area contributed by atoms with Gasteiger partial charge in [0, 0.05) is 42.5 Å². The van der Waals surface area contributed by atoms with Gasteiger partial charge in [-0.2, -0.15) is 5.10 Å². The molecule has 57 heavy (non-hydrogen) atoms. The molecule has 2 aromatic heterocycles. The zero-order valence-corrected chi connectivity index (χ0v) is 31.0. The molecule has 10 heteroatoms. The van der Waals surface area contributed by atoms with Gasteiger partial charge in [-0.1, -0.05) is 121 Å². The van der Waals surface area contributed by atoms with E-state index in [-0.39, 0.29) is 24.8 Å². The topological polar surface area (TPSA) is 80.6 Å². The quantitative estimate of drug-likeness (QED) is 0.137. The van der Waals surface area contributed by atoms with E-state index in [9.17, 15) is 18.4 Å². The molecule has 284 valence electrons. The SMILES string of the molecule is O=C(OCc1ccccc1)N1CC[C@]2(CCN(c3ccc4c(c3)c(-c3ccnc(C(F)F)c3)nn4C(c3ccccc3)(c3ccccc3)c3ccccc3)C2=O)C1. The number of aromatic nitrogens is 3. The van der Waals surface area contributed by atoms with Crippen LogP contribution >= 0.6 is 0 Å². The molecule has 1 atom stereocenters. The highest BCUT2D eigenvalue weighted by molar-refractivity contribution is 6.04. The van der Waals surface area contributed by atoms with E-state index in [2.05, 4.69) is 41.4 Å². The van der Waals surface area contributed by atoms with Crippen LogP contribution in [-0.2, 0) is 21.7 Å². The van der Waals surface area contributed by atoms with Gasteiger partial charge >= 0.3 is 6.09 Å². The fourth-order valence-corrected chi connectivity index (χ4v) is 8.65. The van der Waals surface area contributed by atoms with Crippen molar-refractivity contribution in [2.24, 2.45) is 5.41 Å². The van der Waals surface area contributed by atoms with Gasteiger partial charge in [0.1, 0.15) is 23.5 Å². The van der Waals surface area contributed by atoms with Crippen LogP contribution in [0.2, 0.25) is 0 Å². The molecule has 0 N–H and O–H groups in total. The molecule has 1 spiro atoms. The van der Waals surface area contributed by atoms with Crippen LogP contribution in [0.3, 0.4) is 0 Å². The first-order valence-corrected chi connectivity index (χ1v) is 19.1. The van der Waals surface area contributed by atoms with E-state index in [4.69, 9.17) is 9.84 Å². The number of halogens is 2. The number of alkyl halides is 2. The summed E-state index contributed by atoms with van der Waals surface area (Å²) in [5.74, 6) is -0.0507. The molecule has 0 unspecified atom stereocenters. The van der Waals surface area contributed by atoms with E-state index >= 15 is 0 Å². The Morgan fingerprint density at radius 2 is 1.35 bits per heavy atom. The fourth-order valence-electron chi connectivity index (χ4n) is 8.65. The van der Waals surface area contributed by atoms with E-state index in [0.717, 1.165) is 27.8 Å². The van der Waals surface area contributed by atoms with Crippen molar-refractivity contribution in [2.45, 2.75) is 31.4 Å². The molecule has 2 aliphatic heterocycles. The van der Waals surface area contributed by atoms with Crippen molar-refractivity contribution in [2.75, 3.05) is 24.5 Å². The number of anilines is 1. The Hall–Kier alpha value is -6.68. The van der Waals surface area contributed by atoms with E-state index in [1.165, 1.54) is 12.3 Å². The number of nitrogens with zero attached hydrogens (tertiary/aromatic N) is 5. The second-order valence-corrected chi connectivity index (χ2v) is 14.7. The van der Waals surface area contributed by atoms with Crippen LogP contribution in [0.25, 0.3) is 22.2 Å². The summed E-state index contributed by atoms with van der Waals surface area (Å²) in [5.41, 5.74) is 4.07. The number of hydrogen-bond donors (Lipinski definition) is 0. The number of carbonyl (C=O) groups is 2. The van der Waals surface area contributed by atoms with Crippen LogP contribution in [0.4, 0.5) is 19.3 Å². The molecule has 5 aromatic carbocycles. The first-order valence-electron chi connectivity index (χ1n) is 19.1. The minimum atomic E-state index is -2.77. The lowest BCUT2D eigenvalue weighted by molar-refractivity contribution is -0.124. The van der Waals surface area contributed by atoms with E-state index in [1.54, 1.807) is 15.9 Å². The predicted octanol–water partition coefficient (Wildman–Crippen LogP) is 9.64. The third-order valence-corrected chi connectivity index (χ3v) is 11.5. The number of benzene rings is 5. The first-order chi connectivity index (χ1) is 27.9. The molecule has 0 aliphatic carbocycles. The van der Waals surface area contributed by atoms with Gasteiger partial charge in [-0.15, -0.1) is 0 Å². The second kappa shape index (κ2) is 14.8.